The first-order chi connectivity index (χ1) is 9.45. The molecule has 1 aromatic heterocycles. The van der Waals surface area contributed by atoms with Gasteiger partial charge in [-0.2, -0.15) is 0 Å². The van der Waals surface area contributed by atoms with E-state index in [1.54, 1.807) is 6.07 Å². The predicted octanol–water partition coefficient (Wildman–Crippen LogP) is 1.93. The number of hydrogen-bond donors (Lipinski definition) is 2. The van der Waals surface area contributed by atoms with Crippen LogP contribution in [0.1, 0.15) is 32.1 Å². The van der Waals surface area contributed by atoms with E-state index in [1.165, 1.54) is 12.1 Å². The minimum absolute atomic E-state index is 0.102. The normalized spacial score (nSPS) is 10.6. The predicted molar refractivity (Wildman–Crippen MR) is 75.6 cm³/mol. The molecule has 104 valence electrons. The molecule has 0 aliphatic heterocycles. The Morgan fingerprint density at radius 1 is 1.15 bits per heavy atom. The first-order valence-corrected chi connectivity index (χ1v) is 6.21. The van der Waals surface area contributed by atoms with Gasteiger partial charge in [0.2, 0.25) is 0 Å². The highest BCUT2D eigenvalue weighted by Crippen LogP contribution is 2.22. The van der Waals surface area contributed by atoms with Crippen molar-refractivity contribution in [2.75, 3.05) is 6.54 Å². The van der Waals surface area contributed by atoms with Gasteiger partial charge in [0.15, 0.2) is 5.78 Å². The van der Waals surface area contributed by atoms with Crippen molar-refractivity contribution in [2.45, 2.75) is 13.8 Å². The lowest BCUT2D eigenvalue weighted by Gasteiger charge is -2.14. The number of carboxylic acid groups (broad SMARTS) is 1. The van der Waals surface area contributed by atoms with Crippen LogP contribution in [0.15, 0.2) is 30.3 Å². The molecule has 0 radical (unpaired) electrons. The third kappa shape index (κ3) is 2.35. The van der Waals surface area contributed by atoms with E-state index in [1.807, 2.05) is 30.5 Å². The van der Waals surface area contributed by atoms with Gasteiger partial charge in [0.1, 0.15) is 0 Å². The first-order valence-electron chi connectivity index (χ1n) is 6.21. The van der Waals surface area contributed by atoms with Crippen LogP contribution < -0.4 is 5.73 Å². The summed E-state index contributed by atoms with van der Waals surface area (Å²) in [5, 5.41) is 9.31. The fourth-order valence-corrected chi connectivity index (χ4v) is 2.24. The van der Waals surface area contributed by atoms with Crippen LogP contribution in [0.4, 0.5) is 0 Å². The fraction of sp³-hybridized carbons (Fsp3) is 0.200. The smallest absolute Gasteiger partial charge is 0.337 e. The molecule has 0 atom stereocenters. The average Bonchev–Trinajstić information content (AvgIpc) is 2.76. The largest absolute Gasteiger partial charge is 0.478 e. The van der Waals surface area contributed by atoms with Crippen LogP contribution in [-0.2, 0) is 0 Å². The zero-order valence-corrected chi connectivity index (χ0v) is 11.4. The lowest BCUT2D eigenvalue weighted by atomic mass is 10.1. The Bertz CT molecular complexity index is 667. The Morgan fingerprint density at radius 2 is 1.75 bits per heavy atom. The quantitative estimate of drug-likeness (QED) is 0.833. The molecule has 1 aromatic carbocycles. The van der Waals surface area contributed by atoms with Crippen molar-refractivity contribution in [2.24, 2.45) is 5.73 Å². The summed E-state index contributed by atoms with van der Waals surface area (Å²) >= 11 is 0. The van der Waals surface area contributed by atoms with Gasteiger partial charge in [0.05, 0.1) is 17.8 Å². The summed E-state index contributed by atoms with van der Waals surface area (Å²) in [6.07, 6.45) is 0. The van der Waals surface area contributed by atoms with E-state index in [0.29, 0.717) is 11.3 Å². The molecule has 0 spiro atoms. The van der Waals surface area contributed by atoms with E-state index in [-0.39, 0.29) is 17.9 Å². The monoisotopic (exact) mass is 272 g/mol. The Kier molecular flexibility index (Phi) is 3.72. The van der Waals surface area contributed by atoms with Crippen LogP contribution in [0.2, 0.25) is 0 Å². The summed E-state index contributed by atoms with van der Waals surface area (Å²) in [5.74, 6) is -1.25. The Balaban J connectivity index is 2.71. The lowest BCUT2D eigenvalue weighted by Crippen LogP contribution is -2.15. The molecule has 0 amide bonds. The van der Waals surface area contributed by atoms with E-state index < -0.39 is 5.97 Å². The number of carbonyl (C=O) groups is 2. The molecule has 0 aliphatic rings. The Morgan fingerprint density at radius 3 is 2.25 bits per heavy atom. The molecule has 5 nitrogen and oxygen atoms in total. The SMILES string of the molecule is Cc1ccc(C)n1-c1cc(C(=O)CN)ccc1C(=O)O. The summed E-state index contributed by atoms with van der Waals surface area (Å²) in [7, 11) is 0. The molecule has 0 unspecified atom stereocenters. The van der Waals surface area contributed by atoms with Crippen LogP contribution in [0.5, 0.6) is 0 Å². The Hall–Kier alpha value is -2.40. The second-order valence-corrected chi connectivity index (χ2v) is 4.62. The summed E-state index contributed by atoms with van der Waals surface area (Å²) in [5.41, 5.74) is 8.22. The van der Waals surface area contributed by atoms with Crippen LogP contribution in [0.25, 0.3) is 5.69 Å². The summed E-state index contributed by atoms with van der Waals surface area (Å²) < 4.78 is 1.82. The van der Waals surface area contributed by atoms with Gasteiger partial charge in [-0.3, -0.25) is 4.79 Å². The van der Waals surface area contributed by atoms with Crippen molar-refractivity contribution in [1.82, 2.24) is 4.57 Å². The first kappa shape index (κ1) is 14.0. The molecule has 0 saturated carbocycles. The van der Waals surface area contributed by atoms with Crippen LogP contribution in [-0.4, -0.2) is 28.0 Å². The zero-order chi connectivity index (χ0) is 14.9. The topological polar surface area (TPSA) is 85.3 Å². The summed E-state index contributed by atoms with van der Waals surface area (Å²) in [4.78, 5) is 23.1. The minimum Gasteiger partial charge on any atom is -0.478 e. The van der Waals surface area contributed by atoms with Gasteiger partial charge in [0.25, 0.3) is 0 Å². The highest BCUT2D eigenvalue weighted by Gasteiger charge is 2.16. The van der Waals surface area contributed by atoms with E-state index in [2.05, 4.69) is 0 Å². The number of ketones is 1. The third-order valence-electron chi connectivity index (χ3n) is 3.25. The number of nitrogens with two attached hydrogens (primary N) is 1. The lowest BCUT2D eigenvalue weighted by molar-refractivity contribution is 0.0696. The molecule has 5 heteroatoms. The molecular formula is C15H16N2O3. The van der Waals surface area contributed by atoms with Gasteiger partial charge in [-0.05, 0) is 38.1 Å². The second-order valence-electron chi connectivity index (χ2n) is 4.62. The Labute approximate surface area is 116 Å². The maximum absolute atomic E-state index is 11.7. The van der Waals surface area contributed by atoms with E-state index in [9.17, 15) is 14.7 Å². The van der Waals surface area contributed by atoms with Crippen LogP contribution in [0, 0.1) is 13.8 Å². The van der Waals surface area contributed by atoms with E-state index in [4.69, 9.17) is 5.73 Å². The molecule has 0 saturated heterocycles. The zero-order valence-electron chi connectivity index (χ0n) is 11.4. The third-order valence-corrected chi connectivity index (χ3v) is 3.25. The number of benzene rings is 1. The molecule has 0 bridgehead atoms. The summed E-state index contributed by atoms with van der Waals surface area (Å²) in [6.45, 7) is 3.67. The van der Waals surface area contributed by atoms with E-state index in [0.717, 1.165) is 11.4 Å². The molecule has 3 N–H and O–H groups in total. The molecule has 20 heavy (non-hydrogen) atoms. The van der Waals surface area contributed by atoms with Crippen molar-refractivity contribution < 1.29 is 14.7 Å². The number of hydrogen-bond acceptors (Lipinski definition) is 3. The average molecular weight is 272 g/mol. The molecule has 2 aromatic rings. The number of carbonyl (C=O) groups excluding carboxylic acids is 1. The van der Waals surface area contributed by atoms with Crippen molar-refractivity contribution in [3.8, 4) is 5.69 Å². The number of nitrogens with zero attached hydrogens (tertiary/aromatic N) is 1. The van der Waals surface area contributed by atoms with E-state index >= 15 is 0 Å². The molecular weight excluding hydrogens is 256 g/mol. The number of aryl methyl sites for hydroxylation is 2. The standard InChI is InChI=1S/C15H16N2O3/c1-9-3-4-10(2)17(9)13-7-11(14(18)8-16)5-6-12(13)15(19)20/h3-7H,8,16H2,1-2H3,(H,19,20). The molecule has 1 heterocycles. The van der Waals surface area contributed by atoms with Crippen molar-refractivity contribution in [1.29, 1.82) is 0 Å². The highest BCUT2D eigenvalue weighted by atomic mass is 16.4. The number of carboxylic acids is 1. The van der Waals surface area contributed by atoms with Crippen LogP contribution >= 0.6 is 0 Å². The number of aromatic carboxylic acids is 1. The van der Waals surface area contributed by atoms with Gasteiger partial charge in [-0.1, -0.05) is 6.07 Å². The van der Waals surface area contributed by atoms with Crippen molar-refractivity contribution >= 4 is 11.8 Å². The fourth-order valence-electron chi connectivity index (χ4n) is 2.24. The van der Waals surface area contributed by atoms with Crippen LogP contribution in [0.3, 0.4) is 0 Å². The highest BCUT2D eigenvalue weighted by molar-refractivity contribution is 6.00. The van der Waals surface area contributed by atoms with Gasteiger partial charge >= 0.3 is 5.97 Å². The van der Waals surface area contributed by atoms with Gasteiger partial charge in [0, 0.05) is 17.0 Å². The maximum atomic E-state index is 11.7. The van der Waals surface area contributed by atoms with Crippen molar-refractivity contribution in [3.63, 3.8) is 0 Å². The number of rotatable bonds is 4. The summed E-state index contributed by atoms with van der Waals surface area (Å²) in [6, 6.07) is 8.32. The molecule has 2 rings (SSSR count). The number of aromatic nitrogens is 1. The second kappa shape index (κ2) is 5.30. The van der Waals surface area contributed by atoms with Gasteiger partial charge in [-0.25, -0.2) is 4.79 Å². The number of Topliss-reactive ketones (excluding diaryl/α,β-unsaturated/α-hetero) is 1. The van der Waals surface area contributed by atoms with Gasteiger partial charge < -0.3 is 15.4 Å². The van der Waals surface area contributed by atoms with Crippen molar-refractivity contribution in [3.05, 3.63) is 52.8 Å². The maximum Gasteiger partial charge on any atom is 0.337 e. The van der Waals surface area contributed by atoms with Gasteiger partial charge in [-0.15, -0.1) is 0 Å². The molecule has 0 aliphatic carbocycles. The molecule has 0 fully saturated rings. The minimum atomic E-state index is -1.03.